The van der Waals surface area contributed by atoms with Crippen molar-refractivity contribution >= 4 is 11.8 Å². The largest absolute Gasteiger partial charge is 0.319 e. The summed E-state index contributed by atoms with van der Waals surface area (Å²) in [6.45, 7) is 7.92. The Labute approximate surface area is 69.0 Å². The number of nitrogens with one attached hydrogen (secondary N) is 1. The van der Waals surface area contributed by atoms with Crippen LogP contribution in [0.2, 0.25) is 0 Å². The van der Waals surface area contributed by atoms with Crippen molar-refractivity contribution in [3.63, 3.8) is 0 Å². The minimum atomic E-state index is 0.777. The van der Waals surface area contributed by atoms with Crippen LogP contribution in [-0.2, 0) is 0 Å². The van der Waals surface area contributed by atoms with Gasteiger partial charge in [0.15, 0.2) is 0 Å². The zero-order chi connectivity index (χ0) is 7.98. The van der Waals surface area contributed by atoms with E-state index in [1.165, 1.54) is 5.75 Å². The van der Waals surface area contributed by atoms with Crippen LogP contribution in [0.5, 0.6) is 0 Å². The van der Waals surface area contributed by atoms with Crippen LogP contribution in [0, 0.1) is 5.92 Å². The average molecular weight is 161 g/mol. The van der Waals surface area contributed by atoms with E-state index < -0.39 is 0 Å². The minimum Gasteiger partial charge on any atom is -0.319 e. The van der Waals surface area contributed by atoms with E-state index in [4.69, 9.17) is 0 Å². The molecule has 0 amide bonds. The van der Waals surface area contributed by atoms with Crippen LogP contribution in [0.25, 0.3) is 0 Å². The average Bonchev–Trinajstić information content (AvgIpc) is 1.85. The van der Waals surface area contributed by atoms with Crippen LogP contribution in [0.3, 0.4) is 0 Å². The van der Waals surface area contributed by atoms with Crippen LogP contribution < -0.4 is 5.32 Å². The summed E-state index contributed by atoms with van der Waals surface area (Å²) in [5.41, 5.74) is 0. The highest BCUT2D eigenvalue weighted by atomic mass is 32.2. The number of hydrogen-bond acceptors (Lipinski definition) is 2. The molecule has 1 unspecified atom stereocenters. The fourth-order valence-electron chi connectivity index (χ4n) is 0.764. The number of hydrogen-bond donors (Lipinski definition) is 1. The van der Waals surface area contributed by atoms with Crippen molar-refractivity contribution in [3.8, 4) is 0 Å². The van der Waals surface area contributed by atoms with Gasteiger partial charge in [0.1, 0.15) is 0 Å². The second-order valence-electron chi connectivity index (χ2n) is 3.04. The van der Waals surface area contributed by atoms with Crippen molar-refractivity contribution in [1.82, 2.24) is 5.32 Å². The van der Waals surface area contributed by atoms with Gasteiger partial charge in [0, 0.05) is 0 Å². The highest BCUT2D eigenvalue weighted by molar-refractivity contribution is 7.99. The smallest absolute Gasteiger partial charge is 0.000957 e. The molecule has 0 saturated carbocycles. The van der Waals surface area contributed by atoms with Crippen LogP contribution in [0.1, 0.15) is 20.8 Å². The molecule has 1 nitrogen and oxygen atoms in total. The molecule has 0 aliphatic heterocycles. The van der Waals surface area contributed by atoms with Gasteiger partial charge in [0.2, 0.25) is 0 Å². The zero-order valence-electron chi connectivity index (χ0n) is 7.48. The van der Waals surface area contributed by atoms with E-state index in [9.17, 15) is 0 Å². The van der Waals surface area contributed by atoms with Crippen molar-refractivity contribution in [3.05, 3.63) is 0 Å². The summed E-state index contributed by atoms with van der Waals surface area (Å²) in [5.74, 6) is 2.08. The summed E-state index contributed by atoms with van der Waals surface area (Å²) in [5, 5.41) is 3.95. The standard InChI is InChI=1S/C8H19NS/c1-7(2)10-6-8(3)5-9-4/h7-9H,5-6H2,1-4H3. The number of thioether (sulfide) groups is 1. The molecule has 0 radical (unpaired) electrons. The van der Waals surface area contributed by atoms with Crippen molar-refractivity contribution in [2.75, 3.05) is 19.3 Å². The van der Waals surface area contributed by atoms with Gasteiger partial charge in [-0.25, -0.2) is 0 Å². The molecule has 2 heteroatoms. The first kappa shape index (κ1) is 10.3. The molecule has 1 atom stereocenters. The van der Waals surface area contributed by atoms with E-state index in [1.807, 2.05) is 18.8 Å². The van der Waals surface area contributed by atoms with Crippen LogP contribution in [0.4, 0.5) is 0 Å². The molecule has 0 heterocycles. The molecular formula is C8H19NS. The topological polar surface area (TPSA) is 12.0 Å². The third kappa shape index (κ3) is 6.43. The molecule has 1 N–H and O–H groups in total. The summed E-state index contributed by atoms with van der Waals surface area (Å²) < 4.78 is 0. The Kier molecular flexibility index (Phi) is 6.24. The summed E-state index contributed by atoms with van der Waals surface area (Å²) in [7, 11) is 2.01. The lowest BCUT2D eigenvalue weighted by Crippen LogP contribution is -2.18. The molecule has 0 saturated heterocycles. The van der Waals surface area contributed by atoms with Crippen LogP contribution in [-0.4, -0.2) is 24.6 Å². The molecule has 0 aliphatic rings. The minimum absolute atomic E-state index is 0.777. The highest BCUT2D eigenvalue weighted by Gasteiger charge is 2.01. The van der Waals surface area contributed by atoms with Crippen molar-refractivity contribution < 1.29 is 0 Å². The van der Waals surface area contributed by atoms with Crippen LogP contribution in [0.15, 0.2) is 0 Å². The first-order chi connectivity index (χ1) is 4.66. The molecule has 10 heavy (non-hydrogen) atoms. The molecular weight excluding hydrogens is 142 g/mol. The fraction of sp³-hybridized carbons (Fsp3) is 1.00. The quantitative estimate of drug-likeness (QED) is 0.662. The number of rotatable bonds is 5. The van der Waals surface area contributed by atoms with Gasteiger partial charge in [-0.3, -0.25) is 0 Å². The van der Waals surface area contributed by atoms with E-state index in [0.717, 1.165) is 17.7 Å². The maximum atomic E-state index is 3.18. The first-order valence-corrected chi connectivity index (χ1v) is 4.98. The van der Waals surface area contributed by atoms with Gasteiger partial charge < -0.3 is 5.32 Å². The Morgan fingerprint density at radius 2 is 1.90 bits per heavy atom. The van der Waals surface area contributed by atoms with Gasteiger partial charge in [-0.15, -0.1) is 0 Å². The molecule has 0 rings (SSSR count). The normalized spacial score (nSPS) is 14.1. The first-order valence-electron chi connectivity index (χ1n) is 3.93. The SMILES string of the molecule is CNCC(C)CSC(C)C. The van der Waals surface area contributed by atoms with Gasteiger partial charge in [-0.05, 0) is 30.5 Å². The van der Waals surface area contributed by atoms with E-state index in [0.29, 0.717) is 0 Å². The predicted octanol–water partition coefficient (Wildman–Crippen LogP) is 1.98. The monoisotopic (exact) mass is 161 g/mol. The molecule has 62 valence electrons. The lowest BCUT2D eigenvalue weighted by Gasteiger charge is -2.11. The second-order valence-corrected chi connectivity index (χ2v) is 4.65. The van der Waals surface area contributed by atoms with Gasteiger partial charge in [-0.2, -0.15) is 11.8 Å². The summed E-state index contributed by atoms with van der Waals surface area (Å²) >= 11 is 2.04. The molecule has 0 fully saturated rings. The van der Waals surface area contributed by atoms with Gasteiger partial charge in [0.25, 0.3) is 0 Å². The van der Waals surface area contributed by atoms with Gasteiger partial charge >= 0.3 is 0 Å². The lowest BCUT2D eigenvalue weighted by atomic mass is 10.2. The fourth-order valence-corrected chi connectivity index (χ4v) is 1.60. The van der Waals surface area contributed by atoms with Crippen molar-refractivity contribution in [2.24, 2.45) is 5.92 Å². The zero-order valence-corrected chi connectivity index (χ0v) is 8.29. The Balaban J connectivity index is 3.12. The van der Waals surface area contributed by atoms with Gasteiger partial charge in [-0.1, -0.05) is 20.8 Å². The third-order valence-corrected chi connectivity index (χ3v) is 2.69. The van der Waals surface area contributed by atoms with E-state index in [2.05, 4.69) is 26.1 Å². The molecule has 0 aromatic heterocycles. The Bertz CT molecular complexity index is 73.7. The van der Waals surface area contributed by atoms with E-state index >= 15 is 0 Å². The lowest BCUT2D eigenvalue weighted by molar-refractivity contribution is 0.603. The third-order valence-electron chi connectivity index (χ3n) is 1.27. The van der Waals surface area contributed by atoms with Crippen molar-refractivity contribution in [1.29, 1.82) is 0 Å². The Morgan fingerprint density at radius 3 is 2.30 bits per heavy atom. The summed E-state index contributed by atoms with van der Waals surface area (Å²) in [4.78, 5) is 0. The predicted molar refractivity (Wildman–Crippen MR) is 50.7 cm³/mol. The van der Waals surface area contributed by atoms with E-state index in [-0.39, 0.29) is 0 Å². The second kappa shape index (κ2) is 6.05. The molecule has 0 bridgehead atoms. The Morgan fingerprint density at radius 1 is 1.30 bits per heavy atom. The Hall–Kier alpha value is 0.310. The van der Waals surface area contributed by atoms with E-state index in [1.54, 1.807) is 0 Å². The molecule has 0 aromatic carbocycles. The highest BCUT2D eigenvalue weighted by Crippen LogP contribution is 2.12. The maximum absolute atomic E-state index is 3.18. The summed E-state index contributed by atoms with van der Waals surface area (Å²) in [6.07, 6.45) is 0. The van der Waals surface area contributed by atoms with Gasteiger partial charge in [0.05, 0.1) is 0 Å². The summed E-state index contributed by atoms with van der Waals surface area (Å²) in [6, 6.07) is 0. The molecule has 0 spiro atoms. The maximum Gasteiger partial charge on any atom is -0.000957 e. The molecule has 0 aromatic rings. The van der Waals surface area contributed by atoms with Crippen LogP contribution >= 0.6 is 11.8 Å². The van der Waals surface area contributed by atoms with Crippen molar-refractivity contribution in [2.45, 2.75) is 26.0 Å². The molecule has 0 aliphatic carbocycles.